The number of H-pyrrole nitrogens is 1. The van der Waals surface area contributed by atoms with Crippen molar-refractivity contribution in [1.82, 2.24) is 15.4 Å². The summed E-state index contributed by atoms with van der Waals surface area (Å²) in [4.78, 5) is 30.5. The Morgan fingerprint density at radius 2 is 2.00 bits per heavy atom. The van der Waals surface area contributed by atoms with Gasteiger partial charge in [-0.2, -0.15) is 10.1 Å². The summed E-state index contributed by atoms with van der Waals surface area (Å²) >= 11 is 1.01. The SMILES string of the molecule is O=C(N/N=C/c1sc(=O)[nH]c1-[n+]1ccccc1)c1ccncc1. The summed E-state index contributed by atoms with van der Waals surface area (Å²) < 4.78 is 1.77. The number of amides is 1. The number of hydrogen-bond donors (Lipinski definition) is 2. The number of nitrogens with one attached hydrogen (secondary N) is 2. The molecule has 0 aromatic carbocycles. The molecule has 7 nitrogen and oxygen atoms in total. The van der Waals surface area contributed by atoms with Gasteiger partial charge in [0.05, 0.1) is 18.6 Å². The van der Waals surface area contributed by atoms with E-state index in [0.29, 0.717) is 16.3 Å². The van der Waals surface area contributed by atoms with Crippen LogP contribution in [0.1, 0.15) is 15.2 Å². The predicted octanol–water partition coefficient (Wildman–Crippen LogP) is 0.872. The van der Waals surface area contributed by atoms with Crippen molar-refractivity contribution in [3.63, 3.8) is 0 Å². The lowest BCUT2D eigenvalue weighted by Crippen LogP contribution is -2.31. The van der Waals surface area contributed by atoms with Gasteiger partial charge in [-0.1, -0.05) is 6.07 Å². The second-order valence-electron chi connectivity index (χ2n) is 4.45. The maximum Gasteiger partial charge on any atom is 0.390 e. The van der Waals surface area contributed by atoms with E-state index in [1.807, 2.05) is 30.6 Å². The zero-order valence-corrected chi connectivity index (χ0v) is 12.7. The lowest BCUT2D eigenvalue weighted by molar-refractivity contribution is -0.599. The van der Waals surface area contributed by atoms with E-state index in [4.69, 9.17) is 0 Å². The lowest BCUT2D eigenvalue weighted by Gasteiger charge is -1.98. The molecule has 0 radical (unpaired) electrons. The molecule has 0 fully saturated rings. The lowest BCUT2D eigenvalue weighted by atomic mass is 10.3. The minimum atomic E-state index is -0.347. The summed E-state index contributed by atoms with van der Waals surface area (Å²) in [5, 5.41) is 3.91. The summed E-state index contributed by atoms with van der Waals surface area (Å²) in [6.07, 6.45) is 8.12. The van der Waals surface area contributed by atoms with Gasteiger partial charge in [0.1, 0.15) is 4.88 Å². The molecule has 3 aromatic heterocycles. The van der Waals surface area contributed by atoms with Gasteiger partial charge in [0, 0.05) is 18.0 Å². The van der Waals surface area contributed by atoms with Crippen LogP contribution >= 0.6 is 11.3 Å². The number of carbonyl (C=O) groups is 1. The summed E-state index contributed by atoms with van der Waals surface area (Å²) in [5.74, 6) is 0.253. The highest BCUT2D eigenvalue weighted by Gasteiger charge is 2.15. The van der Waals surface area contributed by atoms with Crippen LogP contribution in [0.4, 0.5) is 0 Å². The van der Waals surface area contributed by atoms with Crippen LogP contribution < -0.4 is 14.9 Å². The highest BCUT2D eigenvalue weighted by molar-refractivity contribution is 7.11. The van der Waals surface area contributed by atoms with Crippen molar-refractivity contribution in [3.05, 3.63) is 75.2 Å². The predicted molar refractivity (Wildman–Crippen MR) is 85.8 cm³/mol. The van der Waals surface area contributed by atoms with E-state index < -0.39 is 0 Å². The van der Waals surface area contributed by atoms with Crippen molar-refractivity contribution in [3.8, 4) is 5.82 Å². The largest absolute Gasteiger partial charge is 0.390 e. The number of nitrogens with zero attached hydrogens (tertiary/aromatic N) is 3. The van der Waals surface area contributed by atoms with Gasteiger partial charge in [-0.25, -0.2) is 14.8 Å². The number of pyridine rings is 2. The van der Waals surface area contributed by atoms with Crippen LogP contribution in [0.3, 0.4) is 0 Å². The van der Waals surface area contributed by atoms with Crippen molar-refractivity contribution in [1.29, 1.82) is 0 Å². The number of aromatic nitrogens is 3. The first-order valence-electron chi connectivity index (χ1n) is 6.67. The fraction of sp³-hybridized carbons (Fsp3) is 0. The third-order valence-corrected chi connectivity index (χ3v) is 3.73. The van der Waals surface area contributed by atoms with Gasteiger partial charge >= 0.3 is 10.7 Å². The highest BCUT2D eigenvalue weighted by Crippen LogP contribution is 2.05. The summed E-state index contributed by atoms with van der Waals surface area (Å²) in [6, 6.07) is 8.75. The number of aromatic amines is 1. The minimum absolute atomic E-state index is 0.196. The average molecular weight is 326 g/mol. The van der Waals surface area contributed by atoms with E-state index >= 15 is 0 Å². The molecule has 0 aliphatic carbocycles. The van der Waals surface area contributed by atoms with Gasteiger partial charge in [0.2, 0.25) is 0 Å². The molecule has 0 atom stereocenters. The van der Waals surface area contributed by atoms with Crippen LogP contribution in [-0.4, -0.2) is 22.1 Å². The Balaban J connectivity index is 1.78. The standard InChI is InChI=1S/C15H11N5O2S/c21-14(11-4-6-16-7-5-11)19-17-10-12-13(18-15(22)23-12)20-8-2-1-3-9-20/h1-10H,(H-,16,17,18,19,21,22)/p+1. The third kappa shape index (κ3) is 3.55. The average Bonchev–Trinajstić information content (AvgIpc) is 2.97. The second-order valence-corrected chi connectivity index (χ2v) is 5.46. The number of carbonyl (C=O) groups excluding carboxylic acids is 1. The van der Waals surface area contributed by atoms with Crippen molar-refractivity contribution in [2.45, 2.75) is 0 Å². The van der Waals surface area contributed by atoms with Crippen molar-refractivity contribution in [2.75, 3.05) is 0 Å². The molecule has 0 saturated carbocycles. The molecule has 23 heavy (non-hydrogen) atoms. The van der Waals surface area contributed by atoms with Crippen LogP contribution in [0.25, 0.3) is 5.82 Å². The van der Waals surface area contributed by atoms with Gasteiger partial charge in [-0.05, 0) is 35.6 Å². The van der Waals surface area contributed by atoms with Crippen LogP contribution in [0.15, 0.2) is 65.0 Å². The molecule has 3 heterocycles. The Kier molecular flexibility index (Phi) is 4.34. The molecule has 0 bridgehead atoms. The zero-order chi connectivity index (χ0) is 16.1. The molecular weight excluding hydrogens is 314 g/mol. The number of rotatable bonds is 4. The summed E-state index contributed by atoms with van der Waals surface area (Å²) in [7, 11) is 0. The van der Waals surface area contributed by atoms with Crippen LogP contribution in [0.2, 0.25) is 0 Å². The molecule has 3 aromatic rings. The Morgan fingerprint density at radius 3 is 2.74 bits per heavy atom. The van der Waals surface area contributed by atoms with Gasteiger partial charge in [-0.15, -0.1) is 0 Å². The number of hydrogen-bond acceptors (Lipinski definition) is 5. The van der Waals surface area contributed by atoms with E-state index in [0.717, 1.165) is 11.3 Å². The molecule has 0 saturated heterocycles. The normalized spacial score (nSPS) is 10.8. The monoisotopic (exact) mass is 326 g/mol. The van der Waals surface area contributed by atoms with Crippen molar-refractivity contribution in [2.24, 2.45) is 5.10 Å². The first kappa shape index (κ1) is 14.8. The smallest absolute Gasteiger partial charge is 0.267 e. The Morgan fingerprint density at radius 1 is 1.26 bits per heavy atom. The maximum atomic E-state index is 11.9. The summed E-state index contributed by atoms with van der Waals surface area (Å²) in [5.41, 5.74) is 2.88. The van der Waals surface area contributed by atoms with E-state index in [1.54, 1.807) is 16.7 Å². The Bertz CT molecular complexity index is 887. The molecule has 0 unspecified atom stereocenters. The topological polar surface area (TPSA) is 91.1 Å². The second kappa shape index (κ2) is 6.75. The minimum Gasteiger partial charge on any atom is -0.267 e. The molecule has 0 aliphatic heterocycles. The Labute approximate surface area is 135 Å². The van der Waals surface area contributed by atoms with E-state index in [-0.39, 0.29) is 10.8 Å². The fourth-order valence-corrected chi connectivity index (χ4v) is 2.58. The summed E-state index contributed by atoms with van der Waals surface area (Å²) in [6.45, 7) is 0. The van der Waals surface area contributed by atoms with Gasteiger partial charge in [0.25, 0.3) is 5.91 Å². The quantitative estimate of drug-likeness (QED) is 0.423. The first-order valence-corrected chi connectivity index (χ1v) is 7.49. The van der Waals surface area contributed by atoms with E-state index in [2.05, 4.69) is 20.5 Å². The molecular formula is C15H12N5O2S+. The number of hydrazone groups is 1. The van der Waals surface area contributed by atoms with Crippen LogP contribution in [-0.2, 0) is 0 Å². The highest BCUT2D eigenvalue weighted by atomic mass is 32.1. The molecule has 0 aliphatic rings. The molecule has 1 amide bonds. The van der Waals surface area contributed by atoms with E-state index in [9.17, 15) is 9.59 Å². The van der Waals surface area contributed by atoms with Crippen molar-refractivity contribution >= 4 is 23.5 Å². The molecule has 8 heteroatoms. The Hall–Kier alpha value is -3.13. The number of thiazole rings is 1. The first-order chi connectivity index (χ1) is 11.2. The van der Waals surface area contributed by atoms with Gasteiger partial charge < -0.3 is 0 Å². The molecule has 3 rings (SSSR count). The van der Waals surface area contributed by atoms with Crippen LogP contribution in [0.5, 0.6) is 0 Å². The molecule has 2 N–H and O–H groups in total. The van der Waals surface area contributed by atoms with Gasteiger partial charge in [0.15, 0.2) is 0 Å². The molecule has 114 valence electrons. The maximum absolute atomic E-state index is 11.9. The van der Waals surface area contributed by atoms with Crippen LogP contribution in [0, 0.1) is 0 Å². The third-order valence-electron chi connectivity index (χ3n) is 2.92. The van der Waals surface area contributed by atoms with Gasteiger partial charge in [-0.3, -0.25) is 9.78 Å². The fourth-order valence-electron chi connectivity index (χ4n) is 1.88. The van der Waals surface area contributed by atoms with Crippen molar-refractivity contribution < 1.29 is 9.36 Å². The molecule has 0 spiro atoms. The van der Waals surface area contributed by atoms with E-state index in [1.165, 1.54) is 18.6 Å². The zero-order valence-electron chi connectivity index (χ0n) is 11.8.